The van der Waals surface area contributed by atoms with Crippen LogP contribution in [0.3, 0.4) is 0 Å². The molecule has 2 atom stereocenters. The van der Waals surface area contributed by atoms with Gasteiger partial charge >= 0.3 is 12.2 Å². The molecule has 0 fully saturated rings. The van der Waals surface area contributed by atoms with Crippen molar-refractivity contribution in [3.63, 3.8) is 0 Å². The van der Waals surface area contributed by atoms with E-state index in [1.165, 1.54) is 0 Å². The summed E-state index contributed by atoms with van der Waals surface area (Å²) in [6.07, 6.45) is -0.0971. The van der Waals surface area contributed by atoms with Crippen molar-refractivity contribution in [1.82, 2.24) is 9.80 Å². The van der Waals surface area contributed by atoms with Crippen LogP contribution in [-0.4, -0.2) is 59.4 Å². The standard InChI is InChI=1S/C17H34N2O4/c1-12(18(9)14(20)22-16(3,4)5)11-13(2)19(10)15(21)23-17(6,7)8/h12-13H,11H2,1-10H3/t12-,13-/m1/s1. The van der Waals surface area contributed by atoms with Gasteiger partial charge < -0.3 is 19.3 Å². The molecule has 0 radical (unpaired) electrons. The average molecular weight is 330 g/mol. The number of amides is 2. The van der Waals surface area contributed by atoms with E-state index in [0.717, 1.165) is 0 Å². The summed E-state index contributed by atoms with van der Waals surface area (Å²) in [4.78, 5) is 27.3. The maximum absolute atomic E-state index is 12.1. The molecular formula is C17H34N2O4. The van der Waals surface area contributed by atoms with Crippen LogP contribution in [0.1, 0.15) is 61.8 Å². The van der Waals surface area contributed by atoms with E-state index in [9.17, 15) is 9.59 Å². The van der Waals surface area contributed by atoms with Gasteiger partial charge in [-0.15, -0.1) is 0 Å². The Bertz CT molecular complexity index is 372. The molecule has 0 spiro atoms. The Balaban J connectivity index is 4.61. The molecule has 0 saturated heterocycles. The molecule has 0 saturated carbocycles. The zero-order valence-corrected chi connectivity index (χ0v) is 16.4. The first-order chi connectivity index (χ1) is 10.1. The summed E-state index contributed by atoms with van der Waals surface area (Å²) >= 11 is 0. The van der Waals surface area contributed by atoms with E-state index >= 15 is 0 Å². The predicted molar refractivity (Wildman–Crippen MR) is 91.5 cm³/mol. The summed E-state index contributed by atoms with van der Waals surface area (Å²) in [7, 11) is 3.41. The average Bonchev–Trinajstić information content (AvgIpc) is 2.32. The molecule has 2 amide bonds. The second-order valence-electron chi connectivity index (χ2n) is 8.12. The Morgan fingerprint density at radius 3 is 1.26 bits per heavy atom. The maximum atomic E-state index is 12.1. The van der Waals surface area contributed by atoms with Gasteiger partial charge in [0.1, 0.15) is 11.2 Å². The number of carbonyl (C=O) groups is 2. The molecule has 0 aliphatic heterocycles. The minimum absolute atomic E-state index is 0.0651. The second-order valence-corrected chi connectivity index (χ2v) is 8.12. The Hall–Kier alpha value is -1.46. The van der Waals surface area contributed by atoms with Crippen molar-refractivity contribution in [2.45, 2.75) is 85.1 Å². The molecule has 0 rings (SSSR count). The zero-order valence-electron chi connectivity index (χ0n) is 16.4. The molecule has 136 valence electrons. The highest BCUT2D eigenvalue weighted by molar-refractivity contribution is 5.69. The molecule has 6 heteroatoms. The van der Waals surface area contributed by atoms with E-state index in [-0.39, 0.29) is 24.3 Å². The lowest BCUT2D eigenvalue weighted by Crippen LogP contribution is -2.45. The number of rotatable bonds is 4. The minimum Gasteiger partial charge on any atom is -0.444 e. The van der Waals surface area contributed by atoms with Gasteiger partial charge in [-0.25, -0.2) is 9.59 Å². The number of hydrogen-bond donors (Lipinski definition) is 0. The monoisotopic (exact) mass is 330 g/mol. The molecule has 0 aromatic heterocycles. The third-order valence-electron chi connectivity index (χ3n) is 3.37. The molecule has 0 aromatic carbocycles. The highest BCUT2D eigenvalue weighted by atomic mass is 16.6. The summed E-state index contributed by atoms with van der Waals surface area (Å²) in [5.41, 5.74) is -1.05. The summed E-state index contributed by atoms with van der Waals surface area (Å²) < 4.78 is 10.7. The fourth-order valence-corrected chi connectivity index (χ4v) is 1.84. The lowest BCUT2D eigenvalue weighted by Gasteiger charge is -2.33. The summed E-state index contributed by atoms with van der Waals surface area (Å²) in [6.45, 7) is 14.9. The van der Waals surface area contributed by atoms with Crippen LogP contribution in [0.25, 0.3) is 0 Å². The van der Waals surface area contributed by atoms with E-state index < -0.39 is 11.2 Å². The van der Waals surface area contributed by atoms with Crippen molar-refractivity contribution in [3.8, 4) is 0 Å². The van der Waals surface area contributed by atoms with Crippen LogP contribution in [0.5, 0.6) is 0 Å². The van der Waals surface area contributed by atoms with Gasteiger partial charge in [-0.1, -0.05) is 0 Å². The van der Waals surface area contributed by atoms with Gasteiger partial charge in [-0.3, -0.25) is 0 Å². The minimum atomic E-state index is -0.524. The summed E-state index contributed by atoms with van der Waals surface area (Å²) in [5, 5.41) is 0. The van der Waals surface area contributed by atoms with Gasteiger partial charge in [0.05, 0.1) is 0 Å². The molecule has 0 aliphatic carbocycles. The van der Waals surface area contributed by atoms with Crippen molar-refractivity contribution in [2.24, 2.45) is 0 Å². The van der Waals surface area contributed by atoms with E-state index in [2.05, 4.69) is 0 Å². The molecule has 23 heavy (non-hydrogen) atoms. The third kappa shape index (κ3) is 8.67. The van der Waals surface area contributed by atoms with Crippen LogP contribution in [-0.2, 0) is 9.47 Å². The molecular weight excluding hydrogens is 296 g/mol. The molecule has 0 N–H and O–H groups in total. The number of carbonyl (C=O) groups excluding carboxylic acids is 2. The highest BCUT2D eigenvalue weighted by Gasteiger charge is 2.27. The number of hydrogen-bond acceptors (Lipinski definition) is 4. The van der Waals surface area contributed by atoms with E-state index in [4.69, 9.17) is 9.47 Å². The normalized spacial score (nSPS) is 14.7. The maximum Gasteiger partial charge on any atom is 0.410 e. The summed E-state index contributed by atoms with van der Waals surface area (Å²) in [5.74, 6) is 0. The van der Waals surface area contributed by atoms with Gasteiger partial charge in [0.15, 0.2) is 0 Å². The van der Waals surface area contributed by atoms with Crippen LogP contribution >= 0.6 is 0 Å². The van der Waals surface area contributed by atoms with Crippen molar-refractivity contribution >= 4 is 12.2 Å². The van der Waals surface area contributed by atoms with E-state index in [0.29, 0.717) is 6.42 Å². The van der Waals surface area contributed by atoms with Crippen molar-refractivity contribution in [1.29, 1.82) is 0 Å². The zero-order chi connectivity index (χ0) is 18.6. The predicted octanol–water partition coefficient (Wildman–Crippen LogP) is 3.89. The first kappa shape index (κ1) is 21.5. The Morgan fingerprint density at radius 1 is 0.783 bits per heavy atom. The van der Waals surface area contributed by atoms with Gasteiger partial charge in [-0.05, 0) is 61.8 Å². The third-order valence-corrected chi connectivity index (χ3v) is 3.37. The summed E-state index contributed by atoms with van der Waals surface area (Å²) in [6, 6.07) is -0.130. The van der Waals surface area contributed by atoms with Crippen LogP contribution < -0.4 is 0 Å². The smallest absolute Gasteiger partial charge is 0.410 e. The fourth-order valence-electron chi connectivity index (χ4n) is 1.84. The van der Waals surface area contributed by atoms with Gasteiger partial charge in [-0.2, -0.15) is 0 Å². The lowest BCUT2D eigenvalue weighted by atomic mass is 10.1. The molecule has 0 aliphatic rings. The SMILES string of the molecule is C[C@H](C[C@@H](C)N(C)C(=O)OC(C)(C)C)N(C)C(=O)OC(C)(C)C. The molecule has 6 nitrogen and oxygen atoms in total. The van der Waals surface area contributed by atoms with Crippen LogP contribution in [0.4, 0.5) is 9.59 Å². The number of nitrogens with zero attached hydrogens (tertiary/aromatic N) is 2. The topological polar surface area (TPSA) is 59.1 Å². The first-order valence-corrected chi connectivity index (χ1v) is 8.05. The van der Waals surface area contributed by atoms with Crippen LogP contribution in [0.15, 0.2) is 0 Å². The Kier molecular flexibility index (Phi) is 7.38. The number of ether oxygens (including phenoxy) is 2. The van der Waals surface area contributed by atoms with Crippen molar-refractivity contribution in [2.75, 3.05) is 14.1 Å². The highest BCUT2D eigenvalue weighted by Crippen LogP contribution is 2.16. The van der Waals surface area contributed by atoms with Gasteiger partial charge in [0, 0.05) is 26.2 Å². The molecule has 0 aromatic rings. The van der Waals surface area contributed by atoms with Gasteiger partial charge in [0.25, 0.3) is 0 Å². The Labute approximate surface area is 141 Å². The van der Waals surface area contributed by atoms with Crippen molar-refractivity contribution < 1.29 is 19.1 Å². The van der Waals surface area contributed by atoms with Gasteiger partial charge in [0.2, 0.25) is 0 Å². The van der Waals surface area contributed by atoms with E-state index in [1.807, 2.05) is 55.4 Å². The van der Waals surface area contributed by atoms with Crippen molar-refractivity contribution in [3.05, 3.63) is 0 Å². The van der Waals surface area contributed by atoms with E-state index in [1.54, 1.807) is 23.9 Å². The quantitative estimate of drug-likeness (QED) is 0.784. The Morgan fingerprint density at radius 2 is 1.04 bits per heavy atom. The molecule has 0 heterocycles. The van der Waals surface area contributed by atoms with Crippen LogP contribution in [0, 0.1) is 0 Å². The molecule has 0 bridgehead atoms. The first-order valence-electron chi connectivity index (χ1n) is 8.05. The molecule has 0 unspecified atom stereocenters. The largest absolute Gasteiger partial charge is 0.444 e. The lowest BCUT2D eigenvalue weighted by molar-refractivity contribution is 0.0148. The fraction of sp³-hybridized carbons (Fsp3) is 0.882. The van der Waals surface area contributed by atoms with Crippen LogP contribution in [0.2, 0.25) is 0 Å². The second kappa shape index (κ2) is 7.88.